The average molecular weight is 432 g/mol. The fourth-order valence-corrected chi connectivity index (χ4v) is 5.28. The zero-order valence-corrected chi connectivity index (χ0v) is 19.0. The van der Waals surface area contributed by atoms with Crippen molar-refractivity contribution in [3.8, 4) is 0 Å². The number of thiazole rings is 1. The van der Waals surface area contributed by atoms with Crippen LogP contribution in [-0.2, 0) is 6.42 Å². The predicted octanol–water partition coefficient (Wildman–Crippen LogP) is 2.89. The van der Waals surface area contributed by atoms with E-state index in [2.05, 4.69) is 72.0 Å². The van der Waals surface area contributed by atoms with Crippen molar-refractivity contribution in [3.05, 3.63) is 75.5 Å². The highest BCUT2D eigenvalue weighted by Gasteiger charge is 2.28. The number of fused-ring (bicyclic) bond motifs is 2. The monoisotopic (exact) mass is 431 g/mol. The molecule has 1 atom stereocenters. The van der Waals surface area contributed by atoms with E-state index in [1.165, 1.54) is 16.3 Å². The van der Waals surface area contributed by atoms with E-state index in [-0.39, 0.29) is 0 Å². The van der Waals surface area contributed by atoms with E-state index in [9.17, 15) is 0 Å². The SMILES string of the molecule is CC(C)c1nc2c(s1)NC=c1cccnc1=C2N1CCNC(CCc2ccccc2)C1. The zero-order valence-electron chi connectivity index (χ0n) is 18.1. The first-order chi connectivity index (χ1) is 15.2. The fraction of sp³-hybridized carbons (Fsp3) is 0.360. The first-order valence-corrected chi connectivity index (χ1v) is 12.0. The third-order valence-corrected chi connectivity index (χ3v) is 7.27. The highest BCUT2D eigenvalue weighted by Crippen LogP contribution is 2.34. The Morgan fingerprint density at radius 2 is 2.03 bits per heavy atom. The summed E-state index contributed by atoms with van der Waals surface area (Å²) in [5, 5.41) is 11.7. The molecule has 0 aliphatic carbocycles. The van der Waals surface area contributed by atoms with Gasteiger partial charge in [0.25, 0.3) is 0 Å². The van der Waals surface area contributed by atoms with E-state index in [1.54, 1.807) is 11.3 Å². The van der Waals surface area contributed by atoms with Gasteiger partial charge in [0.1, 0.15) is 10.7 Å². The van der Waals surface area contributed by atoms with Gasteiger partial charge in [-0.05, 0) is 30.5 Å². The summed E-state index contributed by atoms with van der Waals surface area (Å²) in [6.07, 6.45) is 6.17. The van der Waals surface area contributed by atoms with Gasteiger partial charge >= 0.3 is 0 Å². The van der Waals surface area contributed by atoms with Gasteiger partial charge in [-0.3, -0.25) is 4.98 Å². The first kappa shape index (κ1) is 20.2. The number of piperazine rings is 1. The van der Waals surface area contributed by atoms with Crippen molar-refractivity contribution in [2.45, 2.75) is 38.6 Å². The number of pyridine rings is 1. The number of anilines is 1. The Morgan fingerprint density at radius 3 is 2.87 bits per heavy atom. The first-order valence-electron chi connectivity index (χ1n) is 11.1. The van der Waals surface area contributed by atoms with E-state index in [0.29, 0.717) is 12.0 Å². The van der Waals surface area contributed by atoms with Crippen molar-refractivity contribution >= 4 is 28.2 Å². The number of aryl methyl sites for hydroxylation is 1. The summed E-state index contributed by atoms with van der Waals surface area (Å²) >= 11 is 1.76. The number of hydrogen-bond donors (Lipinski definition) is 2. The number of nitrogens with one attached hydrogen (secondary N) is 2. The Balaban J connectivity index is 1.49. The summed E-state index contributed by atoms with van der Waals surface area (Å²) in [6, 6.07) is 15.3. The highest BCUT2D eigenvalue weighted by molar-refractivity contribution is 7.16. The molecule has 160 valence electrons. The van der Waals surface area contributed by atoms with E-state index < -0.39 is 0 Å². The Morgan fingerprint density at radius 1 is 1.16 bits per heavy atom. The molecule has 4 heterocycles. The molecule has 5 nitrogen and oxygen atoms in total. The Kier molecular flexibility index (Phi) is 5.74. The average Bonchev–Trinajstić information content (AvgIpc) is 3.16. The molecule has 5 rings (SSSR count). The Bertz CT molecular complexity index is 1170. The molecule has 2 aliphatic heterocycles. The van der Waals surface area contributed by atoms with Crippen molar-refractivity contribution in [2.24, 2.45) is 0 Å². The van der Waals surface area contributed by atoms with E-state index in [0.717, 1.165) is 53.7 Å². The van der Waals surface area contributed by atoms with Crippen LogP contribution in [0.5, 0.6) is 0 Å². The highest BCUT2D eigenvalue weighted by atomic mass is 32.1. The molecule has 0 saturated carbocycles. The standard InChI is InChI=1S/C25H29N5S/c1-17(2)24-29-22-23(21-19(9-6-12-27-21)15-28-25(22)31-24)30-14-13-26-20(16-30)11-10-18-7-4-3-5-8-18/h3-9,12,15,17,20,26,28H,10-11,13-14,16H2,1-2H3. The number of aromatic nitrogens is 2. The van der Waals surface area contributed by atoms with Gasteiger partial charge in [-0.25, -0.2) is 4.98 Å². The molecule has 1 saturated heterocycles. The molecule has 0 bridgehead atoms. The summed E-state index contributed by atoms with van der Waals surface area (Å²) in [7, 11) is 0. The van der Waals surface area contributed by atoms with Crippen LogP contribution in [0.3, 0.4) is 0 Å². The van der Waals surface area contributed by atoms with Gasteiger partial charge < -0.3 is 15.5 Å². The lowest BCUT2D eigenvalue weighted by molar-refractivity contribution is 0.268. The molecule has 1 unspecified atom stereocenters. The van der Waals surface area contributed by atoms with Gasteiger partial charge in [0.15, 0.2) is 0 Å². The van der Waals surface area contributed by atoms with Crippen LogP contribution in [0, 0.1) is 0 Å². The van der Waals surface area contributed by atoms with Crippen LogP contribution in [0.2, 0.25) is 0 Å². The molecular weight excluding hydrogens is 402 g/mol. The third-order valence-electron chi connectivity index (χ3n) is 5.98. The number of nitrogens with zero attached hydrogens (tertiary/aromatic N) is 3. The summed E-state index contributed by atoms with van der Waals surface area (Å²) in [6.45, 7) is 7.31. The van der Waals surface area contributed by atoms with Gasteiger partial charge in [-0.2, -0.15) is 0 Å². The molecule has 0 amide bonds. The maximum atomic E-state index is 5.08. The lowest BCUT2D eigenvalue weighted by Crippen LogP contribution is -2.52. The summed E-state index contributed by atoms with van der Waals surface area (Å²) in [5.41, 5.74) is 3.62. The Labute approximate surface area is 187 Å². The topological polar surface area (TPSA) is 53.1 Å². The van der Waals surface area contributed by atoms with Gasteiger partial charge in [-0.15, -0.1) is 11.3 Å². The van der Waals surface area contributed by atoms with Crippen LogP contribution in [0.4, 0.5) is 5.00 Å². The minimum absolute atomic E-state index is 0.407. The Hall–Kier alpha value is -2.70. The third kappa shape index (κ3) is 4.23. The van der Waals surface area contributed by atoms with Crippen LogP contribution in [0.1, 0.15) is 42.5 Å². The number of rotatable bonds is 5. The summed E-state index contributed by atoms with van der Waals surface area (Å²) < 4.78 is 0. The van der Waals surface area contributed by atoms with Gasteiger partial charge in [0, 0.05) is 49.2 Å². The van der Waals surface area contributed by atoms with Gasteiger partial charge in [0.2, 0.25) is 0 Å². The van der Waals surface area contributed by atoms with Gasteiger partial charge in [-0.1, -0.05) is 44.2 Å². The second-order valence-electron chi connectivity index (χ2n) is 8.58. The van der Waals surface area contributed by atoms with Crippen molar-refractivity contribution in [2.75, 3.05) is 25.0 Å². The molecular formula is C25H29N5S. The minimum Gasteiger partial charge on any atom is -0.365 e. The maximum absolute atomic E-state index is 5.08. The van der Waals surface area contributed by atoms with Gasteiger partial charge in [0.05, 0.1) is 16.1 Å². The van der Waals surface area contributed by atoms with Crippen molar-refractivity contribution in [3.63, 3.8) is 0 Å². The normalized spacial score (nSPS) is 18.1. The summed E-state index contributed by atoms with van der Waals surface area (Å²) in [5.74, 6) is 0.407. The van der Waals surface area contributed by atoms with Crippen LogP contribution in [0.25, 0.3) is 11.9 Å². The van der Waals surface area contributed by atoms with Crippen molar-refractivity contribution < 1.29 is 0 Å². The van der Waals surface area contributed by atoms with E-state index in [1.807, 2.05) is 12.3 Å². The second-order valence-corrected chi connectivity index (χ2v) is 9.62. The van der Waals surface area contributed by atoms with Crippen molar-refractivity contribution in [1.82, 2.24) is 20.2 Å². The molecule has 2 aromatic heterocycles. The molecule has 0 radical (unpaired) electrons. The second kappa shape index (κ2) is 8.81. The molecule has 1 fully saturated rings. The minimum atomic E-state index is 0.407. The lowest BCUT2D eigenvalue weighted by atomic mass is 10.0. The largest absolute Gasteiger partial charge is 0.365 e. The fourth-order valence-electron chi connectivity index (χ4n) is 4.34. The molecule has 1 aromatic carbocycles. The lowest BCUT2D eigenvalue weighted by Gasteiger charge is -2.36. The molecule has 2 aliphatic rings. The van der Waals surface area contributed by atoms with Crippen LogP contribution < -0.4 is 21.2 Å². The summed E-state index contributed by atoms with van der Waals surface area (Å²) in [4.78, 5) is 12.4. The van der Waals surface area contributed by atoms with Crippen molar-refractivity contribution in [1.29, 1.82) is 0 Å². The predicted molar refractivity (Wildman–Crippen MR) is 128 cm³/mol. The van der Waals surface area contributed by atoms with Crippen LogP contribution in [-0.4, -0.2) is 40.5 Å². The van der Waals surface area contributed by atoms with Crippen LogP contribution >= 0.6 is 11.3 Å². The number of benzene rings is 1. The van der Waals surface area contributed by atoms with E-state index >= 15 is 0 Å². The van der Waals surface area contributed by atoms with E-state index in [4.69, 9.17) is 9.97 Å². The molecule has 2 N–H and O–H groups in total. The quantitative estimate of drug-likeness (QED) is 0.651. The smallest absolute Gasteiger partial charge is 0.124 e. The molecule has 0 spiro atoms. The maximum Gasteiger partial charge on any atom is 0.124 e. The molecule has 6 heteroatoms. The number of hydrogen-bond acceptors (Lipinski definition) is 6. The molecule has 31 heavy (non-hydrogen) atoms. The molecule has 3 aromatic rings. The van der Waals surface area contributed by atoms with Crippen LogP contribution in [0.15, 0.2) is 48.7 Å². The zero-order chi connectivity index (χ0) is 21.2.